The van der Waals surface area contributed by atoms with Crippen molar-refractivity contribution < 1.29 is 0 Å². The summed E-state index contributed by atoms with van der Waals surface area (Å²) >= 11 is 13.8. The van der Waals surface area contributed by atoms with Gasteiger partial charge in [-0.15, -0.1) is 10.2 Å². The second-order valence-electron chi connectivity index (χ2n) is 4.94. The number of benzene rings is 2. The van der Waals surface area contributed by atoms with Crippen molar-refractivity contribution in [3.05, 3.63) is 69.7 Å². The normalized spacial score (nSPS) is 10.9. The highest BCUT2D eigenvalue weighted by molar-refractivity contribution is 7.98. The Labute approximate surface area is 148 Å². The fourth-order valence-corrected chi connectivity index (χ4v) is 3.47. The molecule has 0 aliphatic heterocycles. The van der Waals surface area contributed by atoms with Gasteiger partial charge in [-0.05, 0) is 23.3 Å². The van der Waals surface area contributed by atoms with Crippen LogP contribution in [-0.2, 0) is 12.3 Å². The zero-order valence-corrected chi connectivity index (χ0v) is 14.4. The molecule has 2 aromatic carbocycles. The average molecular weight is 365 g/mol. The summed E-state index contributed by atoms with van der Waals surface area (Å²) in [5.74, 6) is 1.17. The van der Waals surface area contributed by atoms with Crippen LogP contribution in [0.2, 0.25) is 10.0 Å². The third kappa shape index (κ3) is 3.99. The molecule has 3 aromatic rings. The Hall–Kier alpha value is -1.69. The van der Waals surface area contributed by atoms with E-state index in [0.717, 1.165) is 16.5 Å². The fourth-order valence-electron chi connectivity index (χ4n) is 2.10. The molecular weight excluding hydrogens is 351 g/mol. The molecule has 3 rings (SSSR count). The summed E-state index contributed by atoms with van der Waals surface area (Å²) in [4.78, 5) is 0. The number of thioether (sulfide) groups is 1. The van der Waals surface area contributed by atoms with Crippen molar-refractivity contribution in [3.63, 3.8) is 0 Å². The maximum absolute atomic E-state index is 6.24. The Kier molecular flexibility index (Phi) is 5.10. The van der Waals surface area contributed by atoms with E-state index in [1.54, 1.807) is 23.9 Å². The number of hydrogen-bond acceptors (Lipinski definition) is 4. The van der Waals surface area contributed by atoms with Crippen molar-refractivity contribution in [2.75, 3.05) is 5.73 Å². The topological polar surface area (TPSA) is 56.7 Å². The van der Waals surface area contributed by atoms with E-state index in [0.29, 0.717) is 22.5 Å². The quantitative estimate of drug-likeness (QED) is 0.676. The van der Waals surface area contributed by atoms with Crippen LogP contribution in [0.1, 0.15) is 11.1 Å². The molecule has 23 heavy (non-hydrogen) atoms. The third-order valence-corrected chi connectivity index (χ3v) is 4.92. The van der Waals surface area contributed by atoms with Crippen LogP contribution in [0.5, 0.6) is 0 Å². The molecule has 0 spiro atoms. The molecule has 0 atom stereocenters. The van der Waals surface area contributed by atoms with E-state index in [2.05, 4.69) is 22.3 Å². The van der Waals surface area contributed by atoms with Gasteiger partial charge in [0.05, 0.1) is 6.54 Å². The van der Waals surface area contributed by atoms with Crippen LogP contribution in [0, 0.1) is 0 Å². The second kappa shape index (κ2) is 7.25. The van der Waals surface area contributed by atoms with Crippen LogP contribution < -0.4 is 5.73 Å². The molecule has 1 heterocycles. The highest BCUT2D eigenvalue weighted by Gasteiger charge is 2.12. The van der Waals surface area contributed by atoms with E-state index in [1.807, 2.05) is 28.8 Å². The smallest absolute Gasteiger partial charge is 0.223 e. The lowest BCUT2D eigenvalue weighted by molar-refractivity contribution is 0.717. The lowest BCUT2D eigenvalue weighted by Gasteiger charge is -2.10. The highest BCUT2D eigenvalue weighted by atomic mass is 35.5. The number of nitrogens with zero attached hydrogens (tertiary/aromatic N) is 3. The molecule has 1 aromatic heterocycles. The van der Waals surface area contributed by atoms with Crippen LogP contribution in [0.4, 0.5) is 5.95 Å². The predicted molar refractivity (Wildman–Crippen MR) is 96.0 cm³/mol. The Morgan fingerprint density at radius 1 is 1.04 bits per heavy atom. The summed E-state index contributed by atoms with van der Waals surface area (Å²) in [7, 11) is 0. The predicted octanol–water partition coefficient (Wildman–Crippen LogP) is 4.51. The Morgan fingerprint density at radius 2 is 1.83 bits per heavy atom. The molecular formula is C16H14Cl2N4S. The molecule has 0 unspecified atom stereocenters. The Balaban J connectivity index is 1.78. The van der Waals surface area contributed by atoms with Gasteiger partial charge in [-0.1, -0.05) is 71.4 Å². The lowest BCUT2D eigenvalue weighted by Crippen LogP contribution is -2.06. The van der Waals surface area contributed by atoms with E-state index in [-0.39, 0.29) is 0 Å². The standard InChI is InChI=1S/C16H14Cl2N4S/c17-13-7-6-12(14(18)8-13)9-22-15(19)20-21-16(22)23-10-11-4-2-1-3-5-11/h1-8H,9-10H2,(H2,19,20). The van der Waals surface area contributed by atoms with Crippen molar-refractivity contribution in [1.82, 2.24) is 14.8 Å². The van der Waals surface area contributed by atoms with Crippen molar-refractivity contribution in [2.45, 2.75) is 17.5 Å². The number of nitrogens with two attached hydrogens (primary N) is 1. The van der Waals surface area contributed by atoms with Gasteiger partial charge in [0.25, 0.3) is 0 Å². The first kappa shape index (κ1) is 16.2. The highest BCUT2D eigenvalue weighted by Crippen LogP contribution is 2.26. The summed E-state index contributed by atoms with van der Waals surface area (Å²) in [6.07, 6.45) is 0. The molecule has 0 aliphatic carbocycles. The van der Waals surface area contributed by atoms with Crippen LogP contribution in [0.15, 0.2) is 53.7 Å². The van der Waals surface area contributed by atoms with Gasteiger partial charge in [-0.2, -0.15) is 0 Å². The molecule has 0 radical (unpaired) electrons. The number of nitrogen functional groups attached to an aromatic ring is 1. The van der Waals surface area contributed by atoms with Gasteiger partial charge in [0.2, 0.25) is 5.95 Å². The summed E-state index contributed by atoms with van der Waals surface area (Å²) in [6.45, 7) is 0.506. The van der Waals surface area contributed by atoms with Gasteiger partial charge >= 0.3 is 0 Å². The molecule has 0 saturated heterocycles. The molecule has 0 saturated carbocycles. The van der Waals surface area contributed by atoms with Crippen molar-refractivity contribution in [1.29, 1.82) is 0 Å². The van der Waals surface area contributed by atoms with Gasteiger partial charge < -0.3 is 5.73 Å². The first-order valence-electron chi connectivity index (χ1n) is 6.93. The molecule has 118 valence electrons. The van der Waals surface area contributed by atoms with E-state index in [4.69, 9.17) is 28.9 Å². The molecule has 0 aliphatic rings. The summed E-state index contributed by atoms with van der Waals surface area (Å²) in [5, 5.41) is 10.1. The van der Waals surface area contributed by atoms with E-state index < -0.39 is 0 Å². The SMILES string of the molecule is Nc1nnc(SCc2ccccc2)n1Cc1ccc(Cl)cc1Cl. The monoisotopic (exact) mass is 364 g/mol. The Bertz CT molecular complexity index is 805. The van der Waals surface area contributed by atoms with E-state index in [1.165, 1.54) is 5.56 Å². The van der Waals surface area contributed by atoms with Gasteiger partial charge in [0.15, 0.2) is 5.16 Å². The van der Waals surface area contributed by atoms with Crippen LogP contribution in [0.3, 0.4) is 0 Å². The summed E-state index contributed by atoms with van der Waals surface area (Å²) in [6, 6.07) is 15.6. The van der Waals surface area contributed by atoms with Crippen molar-refractivity contribution in [2.24, 2.45) is 0 Å². The maximum Gasteiger partial charge on any atom is 0.223 e. The van der Waals surface area contributed by atoms with E-state index >= 15 is 0 Å². The molecule has 4 nitrogen and oxygen atoms in total. The maximum atomic E-state index is 6.24. The molecule has 0 bridgehead atoms. The van der Waals surface area contributed by atoms with Gasteiger partial charge in [0, 0.05) is 15.8 Å². The third-order valence-electron chi connectivity index (χ3n) is 3.30. The average Bonchev–Trinajstić information content (AvgIpc) is 2.89. The number of anilines is 1. The molecule has 2 N–H and O–H groups in total. The van der Waals surface area contributed by atoms with Crippen molar-refractivity contribution >= 4 is 40.9 Å². The van der Waals surface area contributed by atoms with Gasteiger partial charge in [-0.3, -0.25) is 4.57 Å². The van der Waals surface area contributed by atoms with Gasteiger partial charge in [-0.25, -0.2) is 0 Å². The first-order chi connectivity index (χ1) is 11.1. The van der Waals surface area contributed by atoms with E-state index in [9.17, 15) is 0 Å². The zero-order valence-electron chi connectivity index (χ0n) is 12.1. The largest absolute Gasteiger partial charge is 0.368 e. The van der Waals surface area contributed by atoms with Crippen LogP contribution >= 0.6 is 35.0 Å². The number of halogens is 2. The number of aromatic nitrogens is 3. The number of rotatable bonds is 5. The van der Waals surface area contributed by atoms with Gasteiger partial charge in [0.1, 0.15) is 0 Å². The molecule has 0 amide bonds. The summed E-state index contributed by atoms with van der Waals surface area (Å²) < 4.78 is 1.85. The first-order valence-corrected chi connectivity index (χ1v) is 8.67. The second-order valence-corrected chi connectivity index (χ2v) is 6.72. The molecule has 0 fully saturated rings. The number of hydrogen-bond donors (Lipinski definition) is 1. The summed E-state index contributed by atoms with van der Waals surface area (Å²) in [5.41, 5.74) is 8.08. The van der Waals surface area contributed by atoms with Crippen LogP contribution in [0.25, 0.3) is 0 Å². The Morgan fingerprint density at radius 3 is 2.57 bits per heavy atom. The lowest BCUT2D eigenvalue weighted by atomic mass is 10.2. The minimum absolute atomic E-state index is 0.367. The minimum atomic E-state index is 0.367. The minimum Gasteiger partial charge on any atom is -0.368 e. The fraction of sp³-hybridized carbons (Fsp3) is 0.125. The zero-order chi connectivity index (χ0) is 16.2. The molecule has 7 heteroatoms. The van der Waals surface area contributed by atoms with Crippen molar-refractivity contribution in [3.8, 4) is 0 Å². The van der Waals surface area contributed by atoms with Crippen LogP contribution in [-0.4, -0.2) is 14.8 Å².